The molecule has 0 radical (unpaired) electrons. The van der Waals surface area contributed by atoms with E-state index >= 15 is 0 Å². The third-order valence-electron chi connectivity index (χ3n) is 5.93. The van der Waals surface area contributed by atoms with Crippen molar-refractivity contribution in [1.29, 1.82) is 0 Å². The van der Waals surface area contributed by atoms with Crippen molar-refractivity contribution < 1.29 is 4.79 Å². The van der Waals surface area contributed by atoms with Crippen LogP contribution in [0, 0.1) is 23.7 Å². The topological polar surface area (TPSA) is 32.3 Å². The Labute approximate surface area is 129 Å². The Morgan fingerprint density at radius 2 is 1.81 bits per heavy atom. The van der Waals surface area contributed by atoms with Gasteiger partial charge in [-0.05, 0) is 55.8 Å². The van der Waals surface area contributed by atoms with Gasteiger partial charge < -0.3 is 4.90 Å². The van der Waals surface area contributed by atoms with Gasteiger partial charge in [0.25, 0.3) is 0 Å². The first-order chi connectivity index (χ1) is 10.2. The Bertz CT molecular complexity index is 363. The first-order valence-electron chi connectivity index (χ1n) is 9.22. The zero-order valence-electron chi connectivity index (χ0n) is 14.0. The van der Waals surface area contributed by atoms with Crippen LogP contribution in [-0.4, -0.2) is 29.6 Å². The number of carbonyl (C=O) groups is 1. The maximum Gasteiger partial charge on any atom is 0.241 e. The minimum atomic E-state index is 0.0607. The molecular weight excluding hydrogens is 260 g/mol. The fraction of sp³-hybridized carbons (Fsp3) is 0.944. The summed E-state index contributed by atoms with van der Waals surface area (Å²) in [6.07, 6.45) is 9.24. The van der Waals surface area contributed by atoms with Gasteiger partial charge in [-0.1, -0.05) is 33.6 Å². The summed E-state index contributed by atoms with van der Waals surface area (Å²) >= 11 is 0. The van der Waals surface area contributed by atoms with E-state index in [0.717, 1.165) is 43.6 Å². The van der Waals surface area contributed by atoms with E-state index in [-0.39, 0.29) is 6.04 Å². The third kappa shape index (κ3) is 3.28. The van der Waals surface area contributed by atoms with Gasteiger partial charge in [-0.2, -0.15) is 0 Å². The van der Waals surface area contributed by atoms with Crippen LogP contribution in [0.15, 0.2) is 0 Å². The molecule has 3 rings (SSSR count). The van der Waals surface area contributed by atoms with Crippen LogP contribution >= 0.6 is 0 Å². The van der Waals surface area contributed by atoms with Crippen LogP contribution in [0.2, 0.25) is 0 Å². The van der Waals surface area contributed by atoms with Crippen LogP contribution in [0.1, 0.15) is 65.7 Å². The second kappa shape index (κ2) is 6.28. The highest BCUT2D eigenvalue weighted by molar-refractivity contribution is 5.84. The molecule has 1 aliphatic heterocycles. The lowest BCUT2D eigenvalue weighted by molar-refractivity contribution is -0.131. The minimum Gasteiger partial charge on any atom is -0.325 e. The third-order valence-corrected chi connectivity index (χ3v) is 5.93. The molecule has 0 spiro atoms. The Morgan fingerprint density at radius 1 is 1.19 bits per heavy atom. The van der Waals surface area contributed by atoms with E-state index in [1.54, 1.807) is 0 Å². The summed E-state index contributed by atoms with van der Waals surface area (Å²) in [5.74, 6) is 3.48. The molecule has 3 aliphatic rings. The number of carbonyl (C=O) groups excluding carboxylic acids is 1. The van der Waals surface area contributed by atoms with E-state index in [1.165, 1.54) is 25.7 Å². The van der Waals surface area contributed by atoms with Crippen molar-refractivity contribution in [3.8, 4) is 0 Å². The molecule has 3 unspecified atom stereocenters. The average molecular weight is 292 g/mol. The van der Waals surface area contributed by atoms with E-state index in [9.17, 15) is 4.79 Å². The van der Waals surface area contributed by atoms with Gasteiger partial charge in [0.05, 0.1) is 12.2 Å². The van der Waals surface area contributed by atoms with E-state index in [4.69, 9.17) is 0 Å². The highest BCUT2D eigenvalue weighted by Crippen LogP contribution is 2.49. The first kappa shape index (κ1) is 15.3. The molecule has 1 heterocycles. The van der Waals surface area contributed by atoms with Crippen molar-refractivity contribution in [3.63, 3.8) is 0 Å². The maximum atomic E-state index is 12.9. The lowest BCUT2D eigenvalue weighted by Gasteiger charge is -2.29. The Hall–Kier alpha value is -0.570. The fourth-order valence-corrected chi connectivity index (χ4v) is 4.03. The van der Waals surface area contributed by atoms with Crippen LogP contribution in [0.3, 0.4) is 0 Å². The van der Waals surface area contributed by atoms with Gasteiger partial charge in [-0.3, -0.25) is 10.1 Å². The number of hydrogen-bond donors (Lipinski definition) is 1. The SMILES string of the molecule is CCCC1NC(C(C)CC)C(=O)N1CC(C1CC1)C1CC1. The van der Waals surface area contributed by atoms with Gasteiger partial charge in [-0.25, -0.2) is 0 Å². The van der Waals surface area contributed by atoms with Crippen LogP contribution in [0.5, 0.6) is 0 Å². The number of nitrogens with zero attached hydrogens (tertiary/aromatic N) is 1. The van der Waals surface area contributed by atoms with Gasteiger partial charge in [-0.15, -0.1) is 0 Å². The maximum absolute atomic E-state index is 12.9. The Morgan fingerprint density at radius 3 is 2.29 bits per heavy atom. The predicted octanol–water partition coefficient (Wildman–Crippen LogP) is 3.40. The summed E-state index contributed by atoms with van der Waals surface area (Å²) in [7, 11) is 0. The van der Waals surface area contributed by atoms with Crippen LogP contribution in [0.25, 0.3) is 0 Å². The first-order valence-corrected chi connectivity index (χ1v) is 9.22. The van der Waals surface area contributed by atoms with Gasteiger partial charge in [0.15, 0.2) is 0 Å². The number of hydrogen-bond acceptors (Lipinski definition) is 2. The average Bonchev–Trinajstić information content (AvgIpc) is 3.36. The van der Waals surface area contributed by atoms with Crippen molar-refractivity contribution >= 4 is 5.91 Å². The van der Waals surface area contributed by atoms with Crippen molar-refractivity contribution in [1.82, 2.24) is 10.2 Å². The molecule has 120 valence electrons. The molecule has 1 N–H and O–H groups in total. The largest absolute Gasteiger partial charge is 0.325 e. The highest BCUT2D eigenvalue weighted by Gasteiger charge is 2.46. The number of amides is 1. The molecule has 3 nitrogen and oxygen atoms in total. The van der Waals surface area contributed by atoms with E-state index in [0.29, 0.717) is 18.0 Å². The zero-order valence-corrected chi connectivity index (χ0v) is 14.0. The molecule has 3 atom stereocenters. The van der Waals surface area contributed by atoms with Crippen LogP contribution < -0.4 is 5.32 Å². The lowest BCUT2D eigenvalue weighted by atomic mass is 9.96. The summed E-state index contributed by atoms with van der Waals surface area (Å²) in [4.78, 5) is 15.1. The normalized spacial score (nSPS) is 31.2. The molecule has 3 heteroatoms. The second-order valence-corrected chi connectivity index (χ2v) is 7.66. The highest BCUT2D eigenvalue weighted by atomic mass is 16.2. The van der Waals surface area contributed by atoms with Gasteiger partial charge in [0, 0.05) is 6.54 Å². The molecule has 0 bridgehead atoms. The zero-order chi connectivity index (χ0) is 15.0. The van der Waals surface area contributed by atoms with Crippen LogP contribution in [0.4, 0.5) is 0 Å². The standard InChI is InChI=1S/C18H32N2O/c1-4-6-16-19-17(12(3)5-2)18(21)20(16)11-15(13-7-8-13)14-9-10-14/h12-17,19H,4-11H2,1-3H3. The summed E-state index contributed by atoms with van der Waals surface area (Å²) < 4.78 is 0. The Kier molecular flexibility index (Phi) is 4.58. The molecule has 0 aromatic carbocycles. The predicted molar refractivity (Wildman–Crippen MR) is 85.7 cm³/mol. The van der Waals surface area contributed by atoms with Crippen LogP contribution in [-0.2, 0) is 4.79 Å². The number of rotatable bonds is 8. The summed E-state index contributed by atoms with van der Waals surface area (Å²) in [5.41, 5.74) is 0. The summed E-state index contributed by atoms with van der Waals surface area (Å²) in [6, 6.07) is 0.0607. The second-order valence-electron chi connectivity index (χ2n) is 7.66. The van der Waals surface area contributed by atoms with Crippen molar-refractivity contribution in [2.75, 3.05) is 6.54 Å². The molecule has 1 amide bonds. The molecule has 21 heavy (non-hydrogen) atoms. The quantitative estimate of drug-likeness (QED) is 0.743. The number of nitrogens with one attached hydrogen (secondary N) is 1. The van der Waals surface area contributed by atoms with Gasteiger partial charge in [0.2, 0.25) is 5.91 Å². The summed E-state index contributed by atoms with van der Waals surface area (Å²) in [6.45, 7) is 7.65. The van der Waals surface area contributed by atoms with Gasteiger partial charge in [0.1, 0.15) is 0 Å². The Balaban J connectivity index is 1.68. The van der Waals surface area contributed by atoms with Crippen molar-refractivity contribution in [2.45, 2.75) is 77.9 Å². The molecule has 0 aromatic rings. The van der Waals surface area contributed by atoms with Crippen molar-refractivity contribution in [3.05, 3.63) is 0 Å². The summed E-state index contributed by atoms with van der Waals surface area (Å²) in [5, 5.41) is 3.64. The van der Waals surface area contributed by atoms with E-state index < -0.39 is 0 Å². The van der Waals surface area contributed by atoms with Gasteiger partial charge >= 0.3 is 0 Å². The molecule has 2 aliphatic carbocycles. The molecule has 0 aromatic heterocycles. The minimum absolute atomic E-state index is 0.0607. The van der Waals surface area contributed by atoms with E-state index in [1.807, 2.05) is 0 Å². The molecule has 3 fully saturated rings. The molecule has 2 saturated carbocycles. The fourth-order valence-electron chi connectivity index (χ4n) is 4.03. The van der Waals surface area contributed by atoms with E-state index in [2.05, 4.69) is 31.0 Å². The monoisotopic (exact) mass is 292 g/mol. The van der Waals surface area contributed by atoms with Crippen molar-refractivity contribution in [2.24, 2.45) is 23.7 Å². The molecule has 1 saturated heterocycles. The lowest BCUT2D eigenvalue weighted by Crippen LogP contribution is -2.41. The smallest absolute Gasteiger partial charge is 0.241 e. The molecular formula is C18H32N2O.